The highest BCUT2D eigenvalue weighted by Gasteiger charge is 2.34. The normalized spacial score (nSPS) is 18.1. The second kappa shape index (κ2) is 5.95. The van der Waals surface area contributed by atoms with Crippen LogP contribution in [0.15, 0.2) is 35.2 Å². The Morgan fingerprint density at radius 3 is 2.56 bits per heavy atom. The highest BCUT2D eigenvalue weighted by molar-refractivity contribution is 7.99. The van der Waals surface area contributed by atoms with Crippen molar-refractivity contribution < 1.29 is 0 Å². The van der Waals surface area contributed by atoms with Gasteiger partial charge in [-0.25, -0.2) is 0 Å². The van der Waals surface area contributed by atoms with Gasteiger partial charge in [0, 0.05) is 28.6 Å². The van der Waals surface area contributed by atoms with Crippen molar-refractivity contribution >= 4 is 23.4 Å². The van der Waals surface area contributed by atoms with Crippen molar-refractivity contribution in [2.45, 2.75) is 29.7 Å². The molecule has 16 heavy (non-hydrogen) atoms. The smallest absolute Gasteiger partial charge is 0.0406 e. The Morgan fingerprint density at radius 1 is 1.25 bits per heavy atom. The summed E-state index contributed by atoms with van der Waals surface area (Å²) in [4.78, 5) is 1.35. The maximum absolute atomic E-state index is 5.99. The van der Waals surface area contributed by atoms with Crippen LogP contribution < -0.4 is 5.32 Å². The summed E-state index contributed by atoms with van der Waals surface area (Å²) in [5.74, 6) is 1.87. The molecule has 0 heterocycles. The average molecular weight is 256 g/mol. The minimum Gasteiger partial charge on any atom is -0.309 e. The van der Waals surface area contributed by atoms with E-state index in [-0.39, 0.29) is 5.54 Å². The quantitative estimate of drug-likeness (QED) is 0.474. The minimum absolute atomic E-state index is 0.263. The third-order valence-corrected chi connectivity index (χ3v) is 4.71. The Morgan fingerprint density at radius 2 is 2.00 bits per heavy atom. The number of alkyl halides is 1. The Labute approximate surface area is 107 Å². The van der Waals surface area contributed by atoms with E-state index in [9.17, 15) is 0 Å². The second-order valence-electron chi connectivity index (χ2n) is 4.36. The molecule has 0 unspecified atom stereocenters. The van der Waals surface area contributed by atoms with Crippen LogP contribution in [-0.2, 0) is 0 Å². The molecule has 0 saturated heterocycles. The molecule has 0 atom stereocenters. The Hall–Kier alpha value is -0.180. The summed E-state index contributed by atoms with van der Waals surface area (Å²) in [5, 5.41) is 3.60. The molecule has 1 N–H and O–H groups in total. The van der Waals surface area contributed by atoms with Crippen LogP contribution in [0.2, 0.25) is 0 Å². The summed E-state index contributed by atoms with van der Waals surface area (Å²) in [6, 6.07) is 10.5. The van der Waals surface area contributed by atoms with Gasteiger partial charge in [-0.3, -0.25) is 0 Å². The van der Waals surface area contributed by atoms with Gasteiger partial charge in [0.05, 0.1) is 0 Å². The van der Waals surface area contributed by atoms with Crippen LogP contribution in [0.1, 0.15) is 19.3 Å². The average Bonchev–Trinajstić information content (AvgIpc) is 2.29. The molecule has 0 bridgehead atoms. The predicted octanol–water partition coefficient (Wildman–Crippen LogP) is 3.53. The van der Waals surface area contributed by atoms with Gasteiger partial charge in [0.1, 0.15) is 0 Å². The zero-order valence-corrected chi connectivity index (χ0v) is 11.0. The summed E-state index contributed by atoms with van der Waals surface area (Å²) < 4.78 is 0. The molecule has 1 aromatic carbocycles. The molecule has 1 fully saturated rings. The fraction of sp³-hybridized carbons (Fsp3) is 0.538. The predicted molar refractivity (Wildman–Crippen MR) is 72.5 cm³/mol. The second-order valence-corrected chi connectivity index (χ2v) is 5.79. The van der Waals surface area contributed by atoms with Gasteiger partial charge in [0.2, 0.25) is 0 Å². The molecule has 1 aromatic rings. The highest BCUT2D eigenvalue weighted by Crippen LogP contribution is 2.32. The van der Waals surface area contributed by atoms with Crippen LogP contribution in [-0.4, -0.2) is 23.7 Å². The van der Waals surface area contributed by atoms with Crippen molar-refractivity contribution in [2.24, 2.45) is 0 Å². The maximum Gasteiger partial charge on any atom is 0.0406 e. The first kappa shape index (κ1) is 12.3. The van der Waals surface area contributed by atoms with Gasteiger partial charge >= 0.3 is 0 Å². The molecule has 0 aliphatic heterocycles. The molecule has 0 radical (unpaired) electrons. The summed E-state index contributed by atoms with van der Waals surface area (Å²) in [6.45, 7) is 1.05. The Bertz CT molecular complexity index is 305. The number of halogens is 1. The molecule has 3 heteroatoms. The van der Waals surface area contributed by atoms with E-state index < -0.39 is 0 Å². The summed E-state index contributed by atoms with van der Waals surface area (Å²) in [6.07, 6.45) is 3.81. The van der Waals surface area contributed by atoms with Gasteiger partial charge in [0.25, 0.3) is 0 Å². The lowest BCUT2D eigenvalue weighted by atomic mass is 9.78. The summed E-state index contributed by atoms with van der Waals surface area (Å²) >= 11 is 7.89. The standard InChI is InChI=1S/C13H18ClNS/c14-11-13(7-4-8-13)15-9-10-16-12-5-2-1-3-6-12/h1-3,5-6,15H,4,7-11H2. The van der Waals surface area contributed by atoms with Crippen LogP contribution in [0.4, 0.5) is 0 Å². The monoisotopic (exact) mass is 255 g/mol. The summed E-state index contributed by atoms with van der Waals surface area (Å²) in [5.41, 5.74) is 0.263. The Kier molecular flexibility index (Phi) is 4.56. The lowest BCUT2D eigenvalue weighted by molar-refractivity contribution is 0.218. The first-order valence-corrected chi connectivity index (χ1v) is 7.36. The minimum atomic E-state index is 0.263. The molecule has 1 aliphatic carbocycles. The van der Waals surface area contributed by atoms with Gasteiger partial charge in [-0.05, 0) is 31.4 Å². The maximum atomic E-state index is 5.99. The molecule has 88 valence electrons. The lowest BCUT2D eigenvalue weighted by Crippen LogP contribution is -2.53. The molecule has 1 aliphatic rings. The Balaban J connectivity index is 1.65. The van der Waals surface area contributed by atoms with E-state index in [1.54, 1.807) is 0 Å². The number of hydrogen-bond acceptors (Lipinski definition) is 2. The zero-order valence-electron chi connectivity index (χ0n) is 9.42. The van der Waals surface area contributed by atoms with Crippen molar-refractivity contribution in [2.75, 3.05) is 18.2 Å². The van der Waals surface area contributed by atoms with Crippen molar-refractivity contribution in [3.8, 4) is 0 Å². The van der Waals surface area contributed by atoms with Crippen molar-refractivity contribution in [3.05, 3.63) is 30.3 Å². The van der Waals surface area contributed by atoms with Gasteiger partial charge in [-0.15, -0.1) is 23.4 Å². The molecular formula is C13H18ClNS. The van der Waals surface area contributed by atoms with E-state index in [1.165, 1.54) is 24.2 Å². The third-order valence-electron chi connectivity index (χ3n) is 3.18. The van der Waals surface area contributed by atoms with Crippen LogP contribution in [0.3, 0.4) is 0 Å². The number of benzene rings is 1. The van der Waals surface area contributed by atoms with E-state index in [4.69, 9.17) is 11.6 Å². The van der Waals surface area contributed by atoms with Crippen LogP contribution in [0.5, 0.6) is 0 Å². The highest BCUT2D eigenvalue weighted by atomic mass is 35.5. The lowest BCUT2D eigenvalue weighted by Gasteiger charge is -2.41. The SMILES string of the molecule is ClCC1(NCCSc2ccccc2)CCC1. The van der Waals surface area contributed by atoms with Crippen LogP contribution in [0.25, 0.3) is 0 Å². The van der Waals surface area contributed by atoms with E-state index in [0.29, 0.717) is 0 Å². The molecule has 2 rings (SSSR count). The molecule has 0 amide bonds. The van der Waals surface area contributed by atoms with Crippen LogP contribution in [0, 0.1) is 0 Å². The van der Waals surface area contributed by atoms with E-state index in [0.717, 1.165) is 18.2 Å². The summed E-state index contributed by atoms with van der Waals surface area (Å²) in [7, 11) is 0. The largest absolute Gasteiger partial charge is 0.309 e. The number of hydrogen-bond donors (Lipinski definition) is 1. The fourth-order valence-electron chi connectivity index (χ4n) is 1.96. The third kappa shape index (κ3) is 3.16. The number of thioether (sulfide) groups is 1. The number of rotatable bonds is 6. The molecule has 0 spiro atoms. The van der Waals surface area contributed by atoms with E-state index in [1.807, 2.05) is 11.8 Å². The molecular weight excluding hydrogens is 238 g/mol. The van der Waals surface area contributed by atoms with Crippen molar-refractivity contribution in [1.29, 1.82) is 0 Å². The zero-order chi connectivity index (χ0) is 11.3. The van der Waals surface area contributed by atoms with Gasteiger partial charge < -0.3 is 5.32 Å². The first-order chi connectivity index (χ1) is 7.85. The van der Waals surface area contributed by atoms with E-state index in [2.05, 4.69) is 35.6 Å². The fourth-order valence-corrected chi connectivity index (χ4v) is 3.11. The molecule has 0 aromatic heterocycles. The number of nitrogens with one attached hydrogen (secondary N) is 1. The van der Waals surface area contributed by atoms with Crippen molar-refractivity contribution in [1.82, 2.24) is 5.32 Å². The first-order valence-electron chi connectivity index (χ1n) is 5.83. The topological polar surface area (TPSA) is 12.0 Å². The van der Waals surface area contributed by atoms with Gasteiger partial charge in [0.15, 0.2) is 0 Å². The van der Waals surface area contributed by atoms with Crippen molar-refractivity contribution in [3.63, 3.8) is 0 Å². The van der Waals surface area contributed by atoms with Crippen LogP contribution >= 0.6 is 23.4 Å². The van der Waals surface area contributed by atoms with E-state index >= 15 is 0 Å². The van der Waals surface area contributed by atoms with Gasteiger partial charge in [-0.2, -0.15) is 0 Å². The molecule has 1 saturated carbocycles. The molecule has 1 nitrogen and oxygen atoms in total. The van der Waals surface area contributed by atoms with Gasteiger partial charge in [-0.1, -0.05) is 18.2 Å².